The second kappa shape index (κ2) is 5.92. The zero-order valence-electron chi connectivity index (χ0n) is 10.3. The van der Waals surface area contributed by atoms with E-state index in [0.717, 1.165) is 19.8 Å². The fourth-order valence-corrected chi connectivity index (χ4v) is 4.40. The van der Waals surface area contributed by atoms with E-state index in [1.54, 1.807) is 20.0 Å². The van der Waals surface area contributed by atoms with Crippen molar-refractivity contribution in [1.29, 1.82) is 0 Å². The SMILES string of the molecule is Cc1nsc(N(C)C(=O)c2cc(Br)c(Br)s2)c1C(=O)O. The third-order valence-electron chi connectivity index (χ3n) is 2.52. The Morgan fingerprint density at radius 2 is 2.05 bits per heavy atom. The lowest BCUT2D eigenvalue weighted by Crippen LogP contribution is -2.26. The molecule has 0 fully saturated rings. The van der Waals surface area contributed by atoms with Crippen LogP contribution in [0, 0.1) is 6.92 Å². The van der Waals surface area contributed by atoms with Crippen molar-refractivity contribution in [2.75, 3.05) is 11.9 Å². The first-order chi connectivity index (χ1) is 9.32. The van der Waals surface area contributed by atoms with Crippen LogP contribution < -0.4 is 4.90 Å². The number of halogens is 2. The van der Waals surface area contributed by atoms with Crippen LogP contribution in [0.2, 0.25) is 0 Å². The number of nitrogens with zero attached hydrogens (tertiary/aromatic N) is 2. The highest BCUT2D eigenvalue weighted by Gasteiger charge is 2.25. The van der Waals surface area contributed by atoms with Crippen molar-refractivity contribution in [3.8, 4) is 0 Å². The largest absolute Gasteiger partial charge is 0.478 e. The van der Waals surface area contributed by atoms with Gasteiger partial charge in [0.05, 0.1) is 14.4 Å². The average Bonchev–Trinajstić information content (AvgIpc) is 2.92. The predicted molar refractivity (Wildman–Crippen MR) is 86.3 cm³/mol. The summed E-state index contributed by atoms with van der Waals surface area (Å²) in [5, 5.41) is 9.54. The predicted octanol–water partition coefficient (Wildman–Crippen LogP) is 4.01. The van der Waals surface area contributed by atoms with E-state index >= 15 is 0 Å². The zero-order chi connectivity index (χ0) is 15.0. The van der Waals surface area contributed by atoms with Crippen molar-refractivity contribution in [3.05, 3.63) is 30.5 Å². The molecular formula is C11H8Br2N2O3S2. The molecule has 0 aliphatic rings. The van der Waals surface area contributed by atoms with E-state index in [0.29, 0.717) is 15.6 Å². The molecule has 0 radical (unpaired) electrons. The highest BCUT2D eigenvalue weighted by Crippen LogP contribution is 2.35. The number of aromatic carboxylic acids is 1. The van der Waals surface area contributed by atoms with E-state index < -0.39 is 5.97 Å². The van der Waals surface area contributed by atoms with Crippen LogP contribution in [-0.2, 0) is 0 Å². The number of aromatic nitrogens is 1. The molecule has 0 aromatic carbocycles. The summed E-state index contributed by atoms with van der Waals surface area (Å²) in [5.74, 6) is -1.35. The van der Waals surface area contributed by atoms with Gasteiger partial charge in [0.2, 0.25) is 0 Å². The molecule has 2 aromatic rings. The number of amides is 1. The summed E-state index contributed by atoms with van der Waals surface area (Å²) in [6, 6.07) is 1.70. The first-order valence-electron chi connectivity index (χ1n) is 5.25. The minimum atomic E-state index is -1.08. The first kappa shape index (κ1) is 15.6. The number of anilines is 1. The third-order valence-corrected chi connectivity index (χ3v) is 6.78. The van der Waals surface area contributed by atoms with Crippen molar-refractivity contribution in [2.45, 2.75) is 6.92 Å². The van der Waals surface area contributed by atoms with Crippen LogP contribution in [0.1, 0.15) is 25.7 Å². The Kier molecular flexibility index (Phi) is 4.62. The van der Waals surface area contributed by atoms with Crippen molar-refractivity contribution in [1.82, 2.24) is 4.37 Å². The lowest BCUT2D eigenvalue weighted by molar-refractivity contribution is 0.0697. The Bertz CT molecular complexity index is 676. The number of aryl methyl sites for hydroxylation is 1. The normalized spacial score (nSPS) is 10.6. The van der Waals surface area contributed by atoms with Crippen LogP contribution in [0.4, 0.5) is 5.00 Å². The molecule has 0 unspecified atom stereocenters. The molecule has 5 nitrogen and oxygen atoms in total. The third kappa shape index (κ3) is 2.80. The maximum Gasteiger partial charge on any atom is 0.340 e. The molecule has 0 saturated heterocycles. The van der Waals surface area contributed by atoms with Crippen molar-refractivity contribution < 1.29 is 14.7 Å². The number of carbonyl (C=O) groups is 2. The van der Waals surface area contributed by atoms with E-state index in [1.165, 1.54) is 16.2 Å². The number of carboxylic acids is 1. The van der Waals surface area contributed by atoms with E-state index in [9.17, 15) is 14.7 Å². The van der Waals surface area contributed by atoms with Crippen LogP contribution >= 0.6 is 54.7 Å². The Morgan fingerprint density at radius 1 is 1.40 bits per heavy atom. The van der Waals surface area contributed by atoms with Crippen LogP contribution in [0.5, 0.6) is 0 Å². The number of hydrogen-bond acceptors (Lipinski definition) is 5. The summed E-state index contributed by atoms with van der Waals surface area (Å²) < 4.78 is 5.61. The van der Waals surface area contributed by atoms with Crippen LogP contribution in [0.25, 0.3) is 0 Å². The summed E-state index contributed by atoms with van der Waals surface area (Å²) in [6.07, 6.45) is 0. The van der Waals surface area contributed by atoms with E-state index in [-0.39, 0.29) is 11.5 Å². The van der Waals surface area contributed by atoms with Crippen LogP contribution in [0.15, 0.2) is 14.3 Å². The Labute approximate surface area is 139 Å². The minimum absolute atomic E-state index is 0.0699. The monoisotopic (exact) mass is 438 g/mol. The molecule has 0 aliphatic heterocycles. The van der Waals surface area contributed by atoms with Gasteiger partial charge in [-0.3, -0.25) is 4.79 Å². The molecule has 0 aliphatic carbocycles. The molecule has 2 aromatic heterocycles. The lowest BCUT2D eigenvalue weighted by Gasteiger charge is -2.14. The molecular weight excluding hydrogens is 432 g/mol. The highest BCUT2D eigenvalue weighted by atomic mass is 79.9. The molecule has 20 heavy (non-hydrogen) atoms. The number of rotatable bonds is 3. The minimum Gasteiger partial charge on any atom is -0.478 e. The molecule has 2 rings (SSSR count). The summed E-state index contributed by atoms with van der Waals surface area (Å²) >= 11 is 8.93. The van der Waals surface area contributed by atoms with Gasteiger partial charge in [-0.25, -0.2) is 4.79 Å². The Balaban J connectivity index is 2.39. The molecule has 1 N–H and O–H groups in total. The second-order valence-electron chi connectivity index (χ2n) is 3.85. The number of thiophene rings is 1. The second-order valence-corrected chi connectivity index (χ2v) is 7.83. The van der Waals surface area contributed by atoms with Crippen LogP contribution in [-0.4, -0.2) is 28.4 Å². The fraction of sp³-hybridized carbons (Fsp3) is 0.182. The number of carbonyl (C=O) groups excluding carboxylic acids is 1. The number of hydrogen-bond donors (Lipinski definition) is 1. The van der Waals surface area contributed by atoms with Gasteiger partial charge < -0.3 is 10.0 Å². The van der Waals surface area contributed by atoms with E-state index in [2.05, 4.69) is 36.2 Å². The van der Waals surface area contributed by atoms with Gasteiger partial charge in [0.25, 0.3) is 5.91 Å². The molecule has 106 valence electrons. The van der Waals surface area contributed by atoms with E-state index in [4.69, 9.17) is 0 Å². The zero-order valence-corrected chi connectivity index (χ0v) is 15.1. The topological polar surface area (TPSA) is 70.5 Å². The van der Waals surface area contributed by atoms with Gasteiger partial charge in [0.15, 0.2) is 0 Å². The first-order valence-corrected chi connectivity index (χ1v) is 8.43. The maximum absolute atomic E-state index is 12.4. The lowest BCUT2D eigenvalue weighted by atomic mass is 10.2. The van der Waals surface area contributed by atoms with Gasteiger partial charge >= 0.3 is 5.97 Å². The number of carboxylic acid groups (broad SMARTS) is 1. The molecule has 9 heteroatoms. The fourth-order valence-electron chi connectivity index (χ4n) is 1.54. The van der Waals surface area contributed by atoms with Crippen molar-refractivity contribution in [3.63, 3.8) is 0 Å². The highest BCUT2D eigenvalue weighted by molar-refractivity contribution is 9.13. The van der Waals surface area contributed by atoms with Crippen molar-refractivity contribution in [2.24, 2.45) is 0 Å². The smallest absolute Gasteiger partial charge is 0.340 e. The van der Waals surface area contributed by atoms with Gasteiger partial charge in [0.1, 0.15) is 10.6 Å². The average molecular weight is 440 g/mol. The summed E-state index contributed by atoms with van der Waals surface area (Å²) in [4.78, 5) is 25.4. The van der Waals surface area contributed by atoms with Gasteiger partial charge in [-0.2, -0.15) is 4.37 Å². The summed E-state index contributed by atoms with van der Waals surface area (Å²) in [6.45, 7) is 1.61. The summed E-state index contributed by atoms with van der Waals surface area (Å²) in [5.41, 5.74) is 0.478. The molecule has 0 bridgehead atoms. The van der Waals surface area contributed by atoms with Crippen molar-refractivity contribution >= 4 is 71.6 Å². The summed E-state index contributed by atoms with van der Waals surface area (Å²) in [7, 11) is 1.54. The molecule has 2 heterocycles. The molecule has 1 amide bonds. The molecule has 0 spiro atoms. The van der Waals surface area contributed by atoms with E-state index in [1.807, 2.05) is 0 Å². The quantitative estimate of drug-likeness (QED) is 0.784. The molecule has 0 atom stereocenters. The van der Waals surface area contributed by atoms with Gasteiger partial charge in [-0.1, -0.05) is 0 Å². The van der Waals surface area contributed by atoms with Crippen LogP contribution in [0.3, 0.4) is 0 Å². The molecule has 0 saturated carbocycles. The standard InChI is InChI=1S/C11H8Br2N2O3S2/c1-4-7(11(17)18)10(20-14-4)15(2)9(16)6-3-5(12)8(13)19-6/h3H,1-2H3,(H,17,18). The Morgan fingerprint density at radius 3 is 2.55 bits per heavy atom. The van der Waals surface area contributed by atoms with Gasteiger partial charge in [-0.15, -0.1) is 11.3 Å². The maximum atomic E-state index is 12.4. The Hall–Kier alpha value is -0.770. The van der Waals surface area contributed by atoms with Gasteiger partial charge in [-0.05, 0) is 56.4 Å². The van der Waals surface area contributed by atoms with Gasteiger partial charge in [0, 0.05) is 11.5 Å².